The van der Waals surface area contributed by atoms with Gasteiger partial charge in [-0.3, -0.25) is 0 Å². The lowest BCUT2D eigenvalue weighted by Crippen LogP contribution is -2.29. The lowest BCUT2D eigenvalue weighted by molar-refractivity contribution is -0.156. The molecule has 1 unspecified atom stereocenters. The first-order valence-corrected chi connectivity index (χ1v) is 13.3. The molecule has 1 heterocycles. The molecule has 6 nitrogen and oxygen atoms in total. The van der Waals surface area contributed by atoms with Crippen molar-refractivity contribution in [1.29, 1.82) is 0 Å². The Morgan fingerprint density at radius 2 is 1.74 bits per heavy atom. The molecule has 0 aliphatic rings. The highest BCUT2D eigenvalue weighted by molar-refractivity contribution is 7.15. The monoisotopic (exact) mass is 551 g/mol. The Morgan fingerprint density at radius 3 is 2.37 bits per heavy atom. The fraction of sp³-hybridized carbons (Fsp3) is 0.429. The average molecular weight is 552 g/mol. The van der Waals surface area contributed by atoms with Crippen molar-refractivity contribution in [2.75, 3.05) is 26.4 Å². The Morgan fingerprint density at radius 1 is 1.00 bits per heavy atom. The van der Waals surface area contributed by atoms with Crippen LogP contribution in [0.5, 0.6) is 11.5 Å². The largest absolute Gasteiger partial charge is 0.493 e. The van der Waals surface area contributed by atoms with Crippen LogP contribution in [0.1, 0.15) is 42.5 Å². The van der Waals surface area contributed by atoms with Crippen LogP contribution in [0.4, 0.5) is 13.2 Å². The molecule has 0 saturated carbocycles. The molecule has 0 aliphatic carbocycles. The number of thiazole rings is 1. The van der Waals surface area contributed by atoms with Gasteiger partial charge in [-0.1, -0.05) is 18.2 Å². The Hall–Kier alpha value is -3.11. The second-order valence-electron chi connectivity index (χ2n) is 8.30. The first kappa shape index (κ1) is 29.4. The molecule has 3 rings (SSSR count). The fourth-order valence-electron chi connectivity index (χ4n) is 3.78. The van der Waals surface area contributed by atoms with E-state index in [4.69, 9.17) is 18.9 Å². The molecule has 206 valence electrons. The molecule has 3 aromatic rings. The number of rotatable bonds is 13. The molecule has 0 spiro atoms. The number of aromatic nitrogens is 1. The van der Waals surface area contributed by atoms with Gasteiger partial charge in [0.2, 0.25) is 0 Å². The van der Waals surface area contributed by atoms with Gasteiger partial charge in [0.25, 0.3) is 0 Å². The molecule has 1 atom stereocenters. The molecule has 0 amide bonds. The third kappa shape index (κ3) is 7.94. The number of benzene rings is 2. The van der Waals surface area contributed by atoms with Crippen LogP contribution < -0.4 is 9.47 Å². The van der Waals surface area contributed by atoms with Gasteiger partial charge in [0.1, 0.15) is 16.5 Å². The summed E-state index contributed by atoms with van der Waals surface area (Å²) in [6, 6.07) is 10.5. The number of esters is 1. The first-order valence-electron chi connectivity index (χ1n) is 12.5. The Balaban J connectivity index is 1.65. The van der Waals surface area contributed by atoms with Crippen molar-refractivity contribution < 1.29 is 36.9 Å². The predicted octanol–water partition coefficient (Wildman–Crippen LogP) is 6.67. The van der Waals surface area contributed by atoms with E-state index in [9.17, 15) is 18.0 Å². The Kier molecular flexibility index (Phi) is 10.6. The van der Waals surface area contributed by atoms with Gasteiger partial charge in [0.15, 0.2) is 6.10 Å². The Bertz CT molecular complexity index is 1190. The van der Waals surface area contributed by atoms with Crippen molar-refractivity contribution in [2.45, 2.75) is 52.8 Å². The molecule has 0 N–H and O–H groups in total. The van der Waals surface area contributed by atoms with Crippen LogP contribution in [0.15, 0.2) is 42.5 Å². The molecule has 0 radical (unpaired) electrons. The molecule has 38 heavy (non-hydrogen) atoms. The summed E-state index contributed by atoms with van der Waals surface area (Å²) in [6.45, 7) is 8.84. The van der Waals surface area contributed by atoms with E-state index in [0.29, 0.717) is 54.7 Å². The smallest absolute Gasteiger partial charge is 0.416 e. The summed E-state index contributed by atoms with van der Waals surface area (Å²) in [7, 11) is 0. The fourth-order valence-corrected chi connectivity index (χ4v) is 4.75. The molecule has 0 aliphatic heterocycles. The summed E-state index contributed by atoms with van der Waals surface area (Å²) < 4.78 is 61.0. The van der Waals surface area contributed by atoms with Gasteiger partial charge in [-0.2, -0.15) is 13.2 Å². The zero-order valence-electron chi connectivity index (χ0n) is 21.9. The summed E-state index contributed by atoms with van der Waals surface area (Å²) in [5.41, 5.74) is 1.60. The van der Waals surface area contributed by atoms with Crippen LogP contribution in [0.25, 0.3) is 10.6 Å². The number of carbonyl (C=O) groups excluding carboxylic acids is 1. The number of hydrogen-bond acceptors (Lipinski definition) is 7. The number of nitrogens with zero attached hydrogens (tertiary/aromatic N) is 1. The van der Waals surface area contributed by atoms with E-state index >= 15 is 0 Å². The number of hydrogen-bond donors (Lipinski definition) is 0. The quantitative estimate of drug-likeness (QED) is 0.221. The second-order valence-corrected chi connectivity index (χ2v) is 9.50. The van der Waals surface area contributed by atoms with Gasteiger partial charge in [0, 0.05) is 36.0 Å². The third-order valence-corrected chi connectivity index (χ3v) is 6.68. The summed E-state index contributed by atoms with van der Waals surface area (Å²) in [5.74, 6) is 0.803. The summed E-state index contributed by atoms with van der Waals surface area (Å²) in [5, 5.41) is 0.666. The van der Waals surface area contributed by atoms with Gasteiger partial charge in [-0.15, -0.1) is 11.3 Å². The van der Waals surface area contributed by atoms with E-state index in [1.165, 1.54) is 23.5 Å². The van der Waals surface area contributed by atoms with Crippen molar-refractivity contribution in [3.05, 3.63) is 64.2 Å². The molecule has 1 aromatic heterocycles. The van der Waals surface area contributed by atoms with Crippen molar-refractivity contribution >= 4 is 17.3 Å². The molecular formula is C28H32F3NO5S. The van der Waals surface area contributed by atoms with E-state index in [1.54, 1.807) is 13.0 Å². The van der Waals surface area contributed by atoms with Crippen LogP contribution in [-0.4, -0.2) is 43.5 Å². The topological polar surface area (TPSA) is 66.9 Å². The number of halogens is 3. The van der Waals surface area contributed by atoms with Crippen molar-refractivity contribution in [2.24, 2.45) is 0 Å². The highest BCUT2D eigenvalue weighted by atomic mass is 32.1. The maximum absolute atomic E-state index is 12.8. The number of carbonyl (C=O) groups is 1. The number of ether oxygens (including phenoxy) is 4. The first-order chi connectivity index (χ1) is 18.2. The van der Waals surface area contributed by atoms with E-state index < -0.39 is 23.8 Å². The average Bonchev–Trinajstić information content (AvgIpc) is 3.25. The third-order valence-electron chi connectivity index (χ3n) is 5.62. The van der Waals surface area contributed by atoms with Gasteiger partial charge in [-0.25, -0.2) is 9.78 Å². The van der Waals surface area contributed by atoms with Gasteiger partial charge in [0.05, 0.1) is 31.1 Å². The molecule has 0 saturated heterocycles. The maximum Gasteiger partial charge on any atom is 0.416 e. The SMILES string of the molecule is CCOC(=O)C(Cc1ccc(OCCc2nc(-c3ccc(C(F)(F)F)cc3)sc2C)cc1OCC)OCC. The van der Waals surface area contributed by atoms with Crippen LogP contribution in [-0.2, 0) is 33.3 Å². The summed E-state index contributed by atoms with van der Waals surface area (Å²) in [6.07, 6.45) is -4.25. The number of alkyl halides is 3. The van der Waals surface area contributed by atoms with Crippen molar-refractivity contribution in [1.82, 2.24) is 4.98 Å². The van der Waals surface area contributed by atoms with Gasteiger partial charge in [-0.05, 0) is 51.5 Å². The maximum atomic E-state index is 12.8. The van der Waals surface area contributed by atoms with Crippen LogP contribution in [0.3, 0.4) is 0 Å². The zero-order chi connectivity index (χ0) is 27.7. The lowest BCUT2D eigenvalue weighted by atomic mass is 10.1. The van der Waals surface area contributed by atoms with Crippen LogP contribution in [0.2, 0.25) is 0 Å². The molecule has 0 fully saturated rings. The van der Waals surface area contributed by atoms with E-state index in [2.05, 4.69) is 4.98 Å². The van der Waals surface area contributed by atoms with Crippen LogP contribution in [0, 0.1) is 6.92 Å². The van der Waals surface area contributed by atoms with Crippen LogP contribution >= 0.6 is 11.3 Å². The number of aryl methyl sites for hydroxylation is 1. The molecular weight excluding hydrogens is 519 g/mol. The highest BCUT2D eigenvalue weighted by Gasteiger charge is 2.30. The Labute approximate surface area is 224 Å². The van der Waals surface area contributed by atoms with Crippen molar-refractivity contribution in [3.8, 4) is 22.1 Å². The zero-order valence-corrected chi connectivity index (χ0v) is 22.7. The normalized spacial score (nSPS) is 12.3. The minimum atomic E-state index is -4.37. The molecule has 10 heteroatoms. The summed E-state index contributed by atoms with van der Waals surface area (Å²) in [4.78, 5) is 17.9. The minimum absolute atomic E-state index is 0.276. The van der Waals surface area contributed by atoms with Crippen molar-refractivity contribution in [3.63, 3.8) is 0 Å². The van der Waals surface area contributed by atoms with E-state index in [-0.39, 0.29) is 6.61 Å². The predicted molar refractivity (Wildman–Crippen MR) is 140 cm³/mol. The standard InChI is InChI=1S/C28H32F3NO5S/c1-5-34-24-17-22(13-10-20(24)16-25(35-6-2)27(33)36-7-3)37-15-14-23-18(4)38-26(32-23)19-8-11-21(12-9-19)28(29,30)31/h8-13,17,25H,5-7,14-16H2,1-4H3. The molecule has 2 aromatic carbocycles. The highest BCUT2D eigenvalue weighted by Crippen LogP contribution is 2.33. The van der Waals surface area contributed by atoms with E-state index in [0.717, 1.165) is 28.3 Å². The van der Waals surface area contributed by atoms with Gasteiger partial charge < -0.3 is 18.9 Å². The summed E-state index contributed by atoms with van der Waals surface area (Å²) >= 11 is 1.44. The molecule has 0 bridgehead atoms. The van der Waals surface area contributed by atoms with Gasteiger partial charge >= 0.3 is 12.1 Å². The second kappa shape index (κ2) is 13.6. The lowest BCUT2D eigenvalue weighted by Gasteiger charge is -2.18. The van der Waals surface area contributed by atoms with E-state index in [1.807, 2.05) is 32.9 Å². The minimum Gasteiger partial charge on any atom is -0.493 e.